The van der Waals surface area contributed by atoms with Crippen molar-refractivity contribution in [3.8, 4) is 5.69 Å². The summed E-state index contributed by atoms with van der Waals surface area (Å²) < 4.78 is 25.1. The number of benzene rings is 2. The average molecular weight is 493 g/mol. The van der Waals surface area contributed by atoms with Gasteiger partial charge in [-0.3, -0.25) is 14.6 Å². The van der Waals surface area contributed by atoms with E-state index in [0.29, 0.717) is 12.1 Å². The number of hydrogen-bond donors (Lipinski definition) is 1. The first-order valence-electron chi connectivity index (χ1n) is 11.7. The fourth-order valence-corrected chi connectivity index (χ4v) is 5.06. The Kier molecular flexibility index (Phi) is 7.66. The van der Waals surface area contributed by atoms with Crippen LogP contribution in [0.3, 0.4) is 0 Å². The van der Waals surface area contributed by atoms with Crippen LogP contribution in [-0.2, 0) is 10.0 Å². The van der Waals surface area contributed by atoms with Gasteiger partial charge in [0.05, 0.1) is 11.4 Å². The summed E-state index contributed by atoms with van der Waals surface area (Å²) in [6.07, 6.45) is 4.34. The summed E-state index contributed by atoms with van der Waals surface area (Å²) in [7, 11) is -3.74. The van der Waals surface area contributed by atoms with Gasteiger partial charge in [0.25, 0.3) is 0 Å². The van der Waals surface area contributed by atoms with E-state index in [9.17, 15) is 13.2 Å². The second-order valence-electron chi connectivity index (χ2n) is 8.97. The minimum atomic E-state index is -3.74. The van der Waals surface area contributed by atoms with Crippen LogP contribution in [-0.4, -0.2) is 67.8 Å². The van der Waals surface area contributed by atoms with Crippen molar-refractivity contribution in [2.45, 2.75) is 18.7 Å². The highest BCUT2D eigenvalue weighted by Gasteiger charge is 2.22. The Morgan fingerprint density at radius 2 is 1.57 bits per heavy atom. The molecule has 0 bridgehead atoms. The van der Waals surface area contributed by atoms with Crippen LogP contribution in [0.25, 0.3) is 11.8 Å². The number of carbonyl (C=O) groups is 1. The normalized spacial score (nSPS) is 15.6. The summed E-state index contributed by atoms with van der Waals surface area (Å²) in [5.74, 6) is 0.0999. The van der Waals surface area contributed by atoms with Crippen LogP contribution in [0.2, 0.25) is 0 Å². The van der Waals surface area contributed by atoms with Gasteiger partial charge in [0.2, 0.25) is 10.0 Å². The van der Waals surface area contributed by atoms with Crippen LogP contribution < -0.4 is 5.14 Å². The quantitative estimate of drug-likeness (QED) is 0.488. The molecule has 2 aromatic carbocycles. The highest BCUT2D eigenvalue weighted by Crippen LogP contribution is 2.23. The summed E-state index contributed by atoms with van der Waals surface area (Å²) >= 11 is 0. The van der Waals surface area contributed by atoms with Gasteiger partial charge in [-0.1, -0.05) is 42.5 Å². The number of primary sulfonamides is 1. The molecular weight excluding hydrogens is 460 g/mol. The maximum absolute atomic E-state index is 13.2. The molecule has 3 aromatic rings. The second-order valence-corrected chi connectivity index (χ2v) is 10.5. The highest BCUT2D eigenvalue weighted by molar-refractivity contribution is 7.89. The Labute approximate surface area is 207 Å². The molecule has 1 aliphatic rings. The number of aromatic nitrogens is 1. The topological polar surface area (TPSA) is 88.6 Å². The fourth-order valence-electron chi connectivity index (χ4n) is 4.55. The van der Waals surface area contributed by atoms with Crippen molar-refractivity contribution in [3.05, 3.63) is 89.3 Å². The lowest BCUT2D eigenvalue weighted by Gasteiger charge is -2.33. The molecule has 1 aromatic heterocycles. The van der Waals surface area contributed by atoms with Crippen LogP contribution in [0.15, 0.2) is 71.6 Å². The zero-order valence-corrected chi connectivity index (χ0v) is 21.0. The van der Waals surface area contributed by atoms with Crippen molar-refractivity contribution < 1.29 is 13.2 Å². The van der Waals surface area contributed by atoms with Gasteiger partial charge in [-0.15, -0.1) is 0 Å². The lowest BCUT2D eigenvalue weighted by molar-refractivity contribution is 0.0864. The molecule has 0 unspecified atom stereocenters. The van der Waals surface area contributed by atoms with Crippen molar-refractivity contribution in [3.63, 3.8) is 0 Å². The van der Waals surface area contributed by atoms with Gasteiger partial charge < -0.3 is 4.57 Å². The van der Waals surface area contributed by atoms with Gasteiger partial charge in [-0.25, -0.2) is 13.6 Å². The van der Waals surface area contributed by atoms with Gasteiger partial charge in [0.15, 0.2) is 5.78 Å². The first-order valence-corrected chi connectivity index (χ1v) is 13.3. The number of nitrogens with zero attached hydrogens (tertiary/aromatic N) is 3. The van der Waals surface area contributed by atoms with Crippen LogP contribution in [0.4, 0.5) is 0 Å². The Morgan fingerprint density at radius 1 is 0.943 bits per heavy atom. The molecule has 2 N–H and O–H groups in total. The van der Waals surface area contributed by atoms with E-state index >= 15 is 0 Å². The van der Waals surface area contributed by atoms with Gasteiger partial charge in [0.1, 0.15) is 0 Å². The molecule has 4 rings (SSSR count). The Morgan fingerprint density at radius 3 is 2.20 bits per heavy atom. The summed E-state index contributed by atoms with van der Waals surface area (Å²) in [6.45, 7) is 8.75. The number of piperazine rings is 1. The third-order valence-corrected chi connectivity index (χ3v) is 7.39. The fraction of sp³-hybridized carbons (Fsp3) is 0.296. The van der Waals surface area contributed by atoms with E-state index in [4.69, 9.17) is 5.14 Å². The van der Waals surface area contributed by atoms with Crippen molar-refractivity contribution >= 4 is 21.9 Å². The average Bonchev–Trinajstić information content (AvgIpc) is 3.14. The molecule has 35 heavy (non-hydrogen) atoms. The zero-order chi connectivity index (χ0) is 25.0. The molecule has 7 nitrogen and oxygen atoms in total. The number of nitrogens with two attached hydrogens (primary N) is 1. The van der Waals surface area contributed by atoms with E-state index in [1.54, 1.807) is 12.1 Å². The number of sulfonamides is 1. The third kappa shape index (κ3) is 6.15. The first-order chi connectivity index (χ1) is 16.7. The van der Waals surface area contributed by atoms with Gasteiger partial charge in [-0.2, -0.15) is 0 Å². The number of carbonyl (C=O) groups excluding carboxylic acids is 1. The highest BCUT2D eigenvalue weighted by atomic mass is 32.2. The molecule has 8 heteroatoms. The number of rotatable bonds is 8. The number of hydrogen-bond acceptors (Lipinski definition) is 5. The largest absolute Gasteiger partial charge is 0.318 e. The van der Waals surface area contributed by atoms with Crippen LogP contribution in [0, 0.1) is 13.8 Å². The lowest BCUT2D eigenvalue weighted by atomic mass is 10.1. The monoisotopic (exact) mass is 492 g/mol. The number of ketones is 1. The first kappa shape index (κ1) is 25.1. The zero-order valence-electron chi connectivity index (χ0n) is 20.2. The summed E-state index contributed by atoms with van der Waals surface area (Å²) in [5, 5.41) is 5.20. The third-order valence-electron chi connectivity index (χ3n) is 6.46. The van der Waals surface area contributed by atoms with E-state index in [2.05, 4.69) is 34.1 Å². The smallest absolute Gasteiger partial charge is 0.238 e. The molecule has 1 aliphatic heterocycles. The van der Waals surface area contributed by atoms with Gasteiger partial charge in [0, 0.05) is 55.4 Å². The van der Waals surface area contributed by atoms with E-state index in [-0.39, 0.29) is 10.7 Å². The predicted molar refractivity (Wildman–Crippen MR) is 139 cm³/mol. The maximum atomic E-state index is 13.2. The van der Waals surface area contributed by atoms with Gasteiger partial charge >= 0.3 is 0 Å². The van der Waals surface area contributed by atoms with Crippen LogP contribution in [0.1, 0.15) is 27.3 Å². The molecule has 0 radical (unpaired) electrons. The summed E-state index contributed by atoms with van der Waals surface area (Å²) in [4.78, 5) is 17.8. The van der Waals surface area contributed by atoms with Crippen molar-refractivity contribution in [2.75, 3.05) is 39.3 Å². The minimum absolute atomic E-state index is 0.0645. The summed E-state index contributed by atoms with van der Waals surface area (Å²) in [5.41, 5.74) is 4.47. The van der Waals surface area contributed by atoms with Crippen LogP contribution >= 0.6 is 0 Å². The molecule has 2 heterocycles. The van der Waals surface area contributed by atoms with Gasteiger partial charge in [-0.05, 0) is 49.7 Å². The molecular formula is C27H32N4O3S. The molecule has 1 saturated heterocycles. The molecule has 0 aliphatic carbocycles. The Hall–Kier alpha value is -3.04. The second kappa shape index (κ2) is 10.7. The maximum Gasteiger partial charge on any atom is 0.238 e. The minimum Gasteiger partial charge on any atom is -0.318 e. The van der Waals surface area contributed by atoms with E-state index in [0.717, 1.165) is 49.8 Å². The van der Waals surface area contributed by atoms with E-state index in [1.807, 2.05) is 42.7 Å². The number of aryl methyl sites for hydroxylation is 1. The molecule has 0 amide bonds. The SMILES string of the molecule is Cc1cc(C(=O)CN2CCN(C/C=C/c3ccccc3)CC2)c(C)n1-c1ccc(S(N)(=O)=O)cc1. The van der Waals surface area contributed by atoms with Crippen molar-refractivity contribution in [2.24, 2.45) is 5.14 Å². The Bertz CT molecular complexity index is 1300. The van der Waals surface area contributed by atoms with Crippen molar-refractivity contribution in [1.29, 1.82) is 0 Å². The molecule has 184 valence electrons. The van der Waals surface area contributed by atoms with E-state index in [1.165, 1.54) is 17.7 Å². The molecule has 1 fully saturated rings. The molecule has 0 spiro atoms. The predicted octanol–water partition coefficient (Wildman–Crippen LogP) is 3.26. The van der Waals surface area contributed by atoms with E-state index < -0.39 is 10.0 Å². The van der Waals surface area contributed by atoms with Crippen LogP contribution in [0.5, 0.6) is 0 Å². The molecule has 0 saturated carbocycles. The lowest BCUT2D eigenvalue weighted by Crippen LogP contribution is -2.47. The molecule has 0 atom stereocenters. The Balaban J connectivity index is 1.35. The standard InChI is InChI=1S/C27H32N4O3S/c1-21-19-26(22(2)31(21)24-10-12-25(13-11-24)35(28,33)34)27(32)20-30-17-15-29(16-18-30)14-6-9-23-7-4-3-5-8-23/h3-13,19H,14-18,20H2,1-2H3,(H2,28,33,34)/b9-6+. The summed E-state index contributed by atoms with van der Waals surface area (Å²) in [6, 6.07) is 18.6. The van der Waals surface area contributed by atoms with Crippen molar-refractivity contribution in [1.82, 2.24) is 14.4 Å². The number of Topliss-reactive ketones (excluding diaryl/α,β-unsaturated/α-hetero) is 1.